The van der Waals surface area contributed by atoms with Crippen LogP contribution in [0.1, 0.15) is 33.1 Å². The minimum atomic E-state index is -0.954. The van der Waals surface area contributed by atoms with Crippen molar-refractivity contribution in [2.24, 2.45) is 0 Å². The standard InChI is InChI=1S/C14H25N3O3/c1-3-15(10-13(18)19)14(20)17-9-12-6-4-5-7-16(12)8-11(17)2/h11-12H,3-10H2,1-2H3,(H,18,19). The van der Waals surface area contributed by atoms with Gasteiger partial charge in [-0.05, 0) is 33.2 Å². The highest BCUT2D eigenvalue weighted by Crippen LogP contribution is 2.24. The molecule has 6 heteroatoms. The molecule has 2 aliphatic heterocycles. The van der Waals surface area contributed by atoms with Gasteiger partial charge in [0.1, 0.15) is 6.54 Å². The number of carboxylic acids is 1. The average Bonchev–Trinajstić information content (AvgIpc) is 2.43. The fraction of sp³-hybridized carbons (Fsp3) is 0.857. The molecule has 0 aromatic carbocycles. The predicted octanol–water partition coefficient (Wildman–Crippen LogP) is 1.07. The van der Waals surface area contributed by atoms with Gasteiger partial charge in [0.2, 0.25) is 0 Å². The largest absolute Gasteiger partial charge is 0.480 e. The first kappa shape index (κ1) is 15.1. The zero-order valence-corrected chi connectivity index (χ0v) is 12.4. The van der Waals surface area contributed by atoms with Gasteiger partial charge in [-0.1, -0.05) is 6.42 Å². The zero-order chi connectivity index (χ0) is 14.7. The zero-order valence-electron chi connectivity index (χ0n) is 12.4. The molecule has 6 nitrogen and oxygen atoms in total. The number of urea groups is 1. The van der Waals surface area contributed by atoms with Gasteiger partial charge in [0.25, 0.3) is 0 Å². The maximum atomic E-state index is 12.5. The van der Waals surface area contributed by atoms with E-state index in [1.165, 1.54) is 17.7 Å². The summed E-state index contributed by atoms with van der Waals surface area (Å²) in [5.74, 6) is -0.954. The fourth-order valence-electron chi connectivity index (χ4n) is 3.28. The first-order chi connectivity index (χ1) is 9.52. The van der Waals surface area contributed by atoms with E-state index in [1.54, 1.807) is 0 Å². The highest BCUT2D eigenvalue weighted by molar-refractivity contribution is 5.80. The van der Waals surface area contributed by atoms with Crippen LogP contribution in [0, 0.1) is 0 Å². The summed E-state index contributed by atoms with van der Waals surface area (Å²) in [6, 6.07) is 0.472. The number of carbonyl (C=O) groups is 2. The molecular formula is C14H25N3O3. The van der Waals surface area contributed by atoms with E-state index < -0.39 is 5.97 Å². The number of piperazine rings is 1. The first-order valence-corrected chi connectivity index (χ1v) is 7.54. The van der Waals surface area contributed by atoms with E-state index in [0.29, 0.717) is 12.6 Å². The second-order valence-electron chi connectivity index (χ2n) is 5.84. The Balaban J connectivity index is 2.02. The van der Waals surface area contributed by atoms with Crippen LogP contribution < -0.4 is 0 Å². The van der Waals surface area contributed by atoms with Crippen molar-refractivity contribution in [2.45, 2.75) is 45.2 Å². The Morgan fingerprint density at radius 3 is 2.70 bits per heavy atom. The molecule has 2 aliphatic rings. The first-order valence-electron chi connectivity index (χ1n) is 7.54. The van der Waals surface area contributed by atoms with Crippen LogP contribution in [0.4, 0.5) is 4.79 Å². The summed E-state index contributed by atoms with van der Waals surface area (Å²) in [5, 5.41) is 8.89. The second kappa shape index (κ2) is 6.43. The smallest absolute Gasteiger partial charge is 0.323 e. The number of fused-ring (bicyclic) bond motifs is 1. The third-order valence-corrected chi connectivity index (χ3v) is 4.41. The summed E-state index contributed by atoms with van der Waals surface area (Å²) in [5.41, 5.74) is 0. The molecule has 0 aromatic rings. The van der Waals surface area contributed by atoms with E-state index in [2.05, 4.69) is 11.8 Å². The number of carbonyl (C=O) groups excluding carboxylic acids is 1. The number of rotatable bonds is 3. The predicted molar refractivity (Wildman–Crippen MR) is 75.7 cm³/mol. The monoisotopic (exact) mass is 283 g/mol. The summed E-state index contributed by atoms with van der Waals surface area (Å²) in [4.78, 5) is 29.1. The number of likely N-dealkylation sites (N-methyl/N-ethyl adjacent to an activating group) is 1. The lowest BCUT2D eigenvalue weighted by Gasteiger charge is -2.48. The fourth-order valence-corrected chi connectivity index (χ4v) is 3.28. The van der Waals surface area contributed by atoms with Crippen LogP contribution in [-0.4, -0.2) is 76.6 Å². The molecule has 1 N–H and O–H groups in total. The number of nitrogens with zero attached hydrogens (tertiary/aromatic N) is 3. The number of piperidine rings is 1. The molecule has 2 atom stereocenters. The van der Waals surface area contributed by atoms with Crippen LogP contribution in [0.25, 0.3) is 0 Å². The molecular weight excluding hydrogens is 258 g/mol. The van der Waals surface area contributed by atoms with Crippen LogP contribution in [-0.2, 0) is 4.79 Å². The molecule has 0 aromatic heterocycles. The van der Waals surface area contributed by atoms with Crippen LogP contribution in [0.2, 0.25) is 0 Å². The Hall–Kier alpha value is -1.30. The van der Waals surface area contributed by atoms with Gasteiger partial charge in [0.05, 0.1) is 0 Å². The van der Waals surface area contributed by atoms with Crippen LogP contribution in [0.3, 0.4) is 0 Å². The number of amides is 2. The lowest BCUT2D eigenvalue weighted by molar-refractivity contribution is -0.137. The number of hydrogen-bond acceptors (Lipinski definition) is 3. The highest BCUT2D eigenvalue weighted by atomic mass is 16.4. The quantitative estimate of drug-likeness (QED) is 0.841. The van der Waals surface area contributed by atoms with Crippen LogP contribution >= 0.6 is 0 Å². The third kappa shape index (κ3) is 3.23. The molecule has 0 aliphatic carbocycles. The number of aliphatic carboxylic acids is 1. The van der Waals surface area contributed by atoms with Gasteiger partial charge < -0.3 is 14.9 Å². The molecule has 114 valence electrons. The van der Waals surface area contributed by atoms with Crippen molar-refractivity contribution < 1.29 is 14.7 Å². The Bertz CT molecular complexity index is 375. The molecule has 2 heterocycles. The van der Waals surface area contributed by atoms with Crippen LogP contribution in [0.15, 0.2) is 0 Å². The van der Waals surface area contributed by atoms with Gasteiger partial charge in [-0.3, -0.25) is 9.69 Å². The number of carboxylic acid groups (broad SMARTS) is 1. The average molecular weight is 283 g/mol. The summed E-state index contributed by atoms with van der Waals surface area (Å²) < 4.78 is 0. The van der Waals surface area contributed by atoms with Gasteiger partial charge >= 0.3 is 12.0 Å². The molecule has 0 radical (unpaired) electrons. The Morgan fingerprint density at radius 1 is 1.30 bits per heavy atom. The molecule has 2 rings (SSSR count). The topological polar surface area (TPSA) is 64.1 Å². The van der Waals surface area contributed by atoms with E-state index in [1.807, 2.05) is 11.8 Å². The van der Waals surface area contributed by atoms with Gasteiger partial charge in [0.15, 0.2) is 0 Å². The molecule has 0 saturated carbocycles. The normalized spacial score (nSPS) is 27.0. The van der Waals surface area contributed by atoms with E-state index in [0.717, 1.165) is 26.1 Å². The maximum Gasteiger partial charge on any atom is 0.323 e. The van der Waals surface area contributed by atoms with E-state index in [9.17, 15) is 9.59 Å². The van der Waals surface area contributed by atoms with Crippen molar-refractivity contribution in [1.82, 2.24) is 14.7 Å². The molecule has 2 fully saturated rings. The van der Waals surface area contributed by atoms with Crippen molar-refractivity contribution in [3.05, 3.63) is 0 Å². The Kier molecular flexibility index (Phi) is 4.86. The van der Waals surface area contributed by atoms with Gasteiger partial charge in [-0.2, -0.15) is 0 Å². The summed E-state index contributed by atoms with van der Waals surface area (Å²) in [6.45, 7) is 6.86. The highest BCUT2D eigenvalue weighted by Gasteiger charge is 2.36. The Labute approximate surface area is 120 Å². The summed E-state index contributed by atoms with van der Waals surface area (Å²) >= 11 is 0. The van der Waals surface area contributed by atoms with E-state index in [-0.39, 0.29) is 18.6 Å². The molecule has 2 unspecified atom stereocenters. The lowest BCUT2D eigenvalue weighted by Crippen LogP contribution is -2.62. The number of hydrogen-bond donors (Lipinski definition) is 1. The van der Waals surface area contributed by atoms with E-state index >= 15 is 0 Å². The molecule has 0 bridgehead atoms. The molecule has 2 saturated heterocycles. The summed E-state index contributed by atoms with van der Waals surface area (Å²) in [7, 11) is 0. The van der Waals surface area contributed by atoms with E-state index in [4.69, 9.17) is 5.11 Å². The van der Waals surface area contributed by atoms with Crippen molar-refractivity contribution in [3.8, 4) is 0 Å². The van der Waals surface area contributed by atoms with Crippen molar-refractivity contribution in [1.29, 1.82) is 0 Å². The second-order valence-corrected chi connectivity index (χ2v) is 5.84. The minimum absolute atomic E-state index is 0.132. The van der Waals surface area contributed by atoms with Crippen molar-refractivity contribution in [2.75, 3.05) is 32.7 Å². The SMILES string of the molecule is CCN(CC(=O)O)C(=O)N1CC2CCCCN2CC1C. The Morgan fingerprint density at radius 2 is 2.05 bits per heavy atom. The van der Waals surface area contributed by atoms with Crippen molar-refractivity contribution in [3.63, 3.8) is 0 Å². The molecule has 20 heavy (non-hydrogen) atoms. The van der Waals surface area contributed by atoms with Gasteiger partial charge in [0, 0.05) is 31.7 Å². The lowest BCUT2D eigenvalue weighted by atomic mass is 9.97. The van der Waals surface area contributed by atoms with Crippen LogP contribution in [0.5, 0.6) is 0 Å². The maximum absolute atomic E-state index is 12.5. The third-order valence-electron chi connectivity index (χ3n) is 4.41. The van der Waals surface area contributed by atoms with Gasteiger partial charge in [-0.25, -0.2) is 4.79 Å². The molecule has 0 spiro atoms. The van der Waals surface area contributed by atoms with Gasteiger partial charge in [-0.15, -0.1) is 0 Å². The van der Waals surface area contributed by atoms with Crippen molar-refractivity contribution >= 4 is 12.0 Å². The minimum Gasteiger partial charge on any atom is -0.480 e. The summed E-state index contributed by atoms with van der Waals surface area (Å²) in [6.07, 6.45) is 3.61. The molecule has 2 amide bonds.